The lowest BCUT2D eigenvalue weighted by Gasteiger charge is -2.22. The molecule has 1 aliphatic heterocycles. The largest absolute Gasteiger partial charge is 0.488 e. The van der Waals surface area contributed by atoms with Crippen LogP contribution in [0, 0.1) is 0 Å². The molecule has 8 heteroatoms. The van der Waals surface area contributed by atoms with Crippen LogP contribution in [0.15, 0.2) is 61.4 Å². The highest BCUT2D eigenvalue weighted by molar-refractivity contribution is 6.05. The Morgan fingerprint density at radius 2 is 2.00 bits per heavy atom. The fraction of sp³-hybridized carbons (Fsp3) is 0.200. The molecule has 3 rings (SSSR count). The van der Waals surface area contributed by atoms with Crippen LogP contribution in [0.4, 0.5) is 5.69 Å². The van der Waals surface area contributed by atoms with E-state index in [1.54, 1.807) is 0 Å². The van der Waals surface area contributed by atoms with E-state index in [1.165, 1.54) is 23.4 Å². The summed E-state index contributed by atoms with van der Waals surface area (Å²) in [4.78, 5) is 41.9. The maximum atomic E-state index is 12.8. The number of hydrogen-bond donors (Lipinski definition) is 2. The number of para-hydroxylation sites is 1. The fourth-order valence-electron chi connectivity index (χ4n) is 3.11. The van der Waals surface area contributed by atoms with Crippen molar-refractivity contribution in [3.8, 4) is 5.75 Å². The molecule has 0 saturated carbocycles. The molecule has 2 atom stereocenters. The quantitative estimate of drug-likeness (QED) is 0.734. The first-order chi connectivity index (χ1) is 13.5. The Balaban J connectivity index is 1.77. The van der Waals surface area contributed by atoms with E-state index in [9.17, 15) is 14.4 Å². The minimum Gasteiger partial charge on any atom is -0.488 e. The second kappa shape index (κ2) is 8.34. The van der Waals surface area contributed by atoms with Crippen LogP contribution < -0.4 is 15.8 Å². The highest BCUT2D eigenvalue weighted by Crippen LogP contribution is 2.25. The van der Waals surface area contributed by atoms with Gasteiger partial charge < -0.3 is 20.7 Å². The monoisotopic (exact) mass is 380 g/mol. The number of rotatable bonds is 6. The zero-order chi connectivity index (χ0) is 20.1. The summed E-state index contributed by atoms with van der Waals surface area (Å²) >= 11 is 0. The number of nitrogens with one attached hydrogen (secondary N) is 1. The van der Waals surface area contributed by atoms with Gasteiger partial charge in [0.25, 0.3) is 5.91 Å². The van der Waals surface area contributed by atoms with Gasteiger partial charge in [0.2, 0.25) is 11.8 Å². The minimum atomic E-state index is -0.778. The van der Waals surface area contributed by atoms with E-state index in [1.807, 2.05) is 30.3 Å². The summed E-state index contributed by atoms with van der Waals surface area (Å²) in [7, 11) is 0. The van der Waals surface area contributed by atoms with E-state index >= 15 is 0 Å². The third kappa shape index (κ3) is 4.17. The van der Waals surface area contributed by atoms with Crippen molar-refractivity contribution in [2.24, 2.45) is 5.73 Å². The second-order valence-electron chi connectivity index (χ2n) is 6.27. The lowest BCUT2D eigenvalue weighted by atomic mass is 10.1. The maximum Gasteiger partial charge on any atom is 0.250 e. The summed E-state index contributed by atoms with van der Waals surface area (Å²) in [6.45, 7) is 3.74. The average Bonchev–Trinajstić information content (AvgIpc) is 3.12. The van der Waals surface area contributed by atoms with Crippen LogP contribution in [0.1, 0.15) is 16.8 Å². The Morgan fingerprint density at radius 1 is 1.25 bits per heavy atom. The molecule has 0 bridgehead atoms. The van der Waals surface area contributed by atoms with Crippen LogP contribution in [0.2, 0.25) is 0 Å². The molecule has 0 aliphatic carbocycles. The van der Waals surface area contributed by atoms with Crippen molar-refractivity contribution < 1.29 is 19.1 Å². The van der Waals surface area contributed by atoms with Crippen molar-refractivity contribution in [3.63, 3.8) is 0 Å². The predicted molar refractivity (Wildman–Crippen MR) is 103 cm³/mol. The van der Waals surface area contributed by atoms with E-state index in [4.69, 9.17) is 10.5 Å². The molecule has 1 aliphatic rings. The van der Waals surface area contributed by atoms with Crippen molar-refractivity contribution in [2.45, 2.75) is 18.6 Å². The van der Waals surface area contributed by atoms with Crippen molar-refractivity contribution in [1.82, 2.24) is 9.88 Å². The Morgan fingerprint density at radius 3 is 2.68 bits per heavy atom. The third-order valence-electron chi connectivity index (χ3n) is 4.41. The predicted octanol–water partition coefficient (Wildman–Crippen LogP) is 1.35. The number of nitrogens with two attached hydrogens (primary N) is 1. The first kappa shape index (κ1) is 19.1. The van der Waals surface area contributed by atoms with Crippen molar-refractivity contribution in [2.75, 3.05) is 11.9 Å². The van der Waals surface area contributed by atoms with E-state index in [0.29, 0.717) is 12.2 Å². The lowest BCUT2D eigenvalue weighted by Crippen LogP contribution is -2.42. The van der Waals surface area contributed by atoms with Gasteiger partial charge in [0.15, 0.2) is 0 Å². The zero-order valence-corrected chi connectivity index (χ0v) is 15.1. The highest BCUT2D eigenvalue weighted by atomic mass is 16.5. The van der Waals surface area contributed by atoms with Crippen molar-refractivity contribution >= 4 is 23.4 Å². The summed E-state index contributed by atoms with van der Waals surface area (Å²) in [6.07, 6.45) is 3.84. The molecule has 1 saturated heterocycles. The number of amides is 3. The topological polar surface area (TPSA) is 115 Å². The summed E-state index contributed by atoms with van der Waals surface area (Å²) in [6, 6.07) is 9.81. The average molecular weight is 380 g/mol. The molecular formula is C20H20N4O4. The van der Waals surface area contributed by atoms with Crippen LogP contribution in [0.3, 0.4) is 0 Å². The Labute approximate surface area is 162 Å². The number of carbonyl (C=O) groups excluding carboxylic acids is 3. The van der Waals surface area contributed by atoms with E-state index in [-0.39, 0.29) is 29.8 Å². The molecule has 1 aromatic heterocycles. The van der Waals surface area contributed by atoms with Gasteiger partial charge in [-0.05, 0) is 24.3 Å². The van der Waals surface area contributed by atoms with Gasteiger partial charge in [-0.25, -0.2) is 0 Å². The Bertz CT molecular complexity index is 900. The van der Waals surface area contributed by atoms with Crippen molar-refractivity contribution in [1.29, 1.82) is 0 Å². The van der Waals surface area contributed by atoms with Gasteiger partial charge >= 0.3 is 0 Å². The number of likely N-dealkylation sites (tertiary alicyclic amines) is 1. The zero-order valence-electron chi connectivity index (χ0n) is 15.1. The van der Waals surface area contributed by atoms with Gasteiger partial charge in [-0.3, -0.25) is 19.4 Å². The van der Waals surface area contributed by atoms with Gasteiger partial charge in [0, 0.05) is 12.6 Å². The van der Waals surface area contributed by atoms with Gasteiger partial charge in [0.1, 0.15) is 17.9 Å². The number of carbonyl (C=O) groups is 3. The van der Waals surface area contributed by atoms with Gasteiger partial charge in [-0.15, -0.1) is 0 Å². The highest BCUT2D eigenvalue weighted by Gasteiger charge is 2.40. The Kier molecular flexibility index (Phi) is 5.69. The van der Waals surface area contributed by atoms with Crippen LogP contribution in [0.25, 0.3) is 0 Å². The molecular weight excluding hydrogens is 360 g/mol. The first-order valence-electron chi connectivity index (χ1n) is 8.69. The summed E-state index contributed by atoms with van der Waals surface area (Å²) in [5.41, 5.74) is 5.66. The molecule has 1 fully saturated rings. The maximum absolute atomic E-state index is 12.8. The number of benzene rings is 1. The first-order valence-corrected chi connectivity index (χ1v) is 8.69. The van der Waals surface area contributed by atoms with Crippen LogP contribution >= 0.6 is 0 Å². The summed E-state index contributed by atoms with van der Waals surface area (Å²) in [5.74, 6) is -0.859. The number of anilines is 1. The van der Waals surface area contributed by atoms with Crippen LogP contribution in [-0.2, 0) is 9.59 Å². The molecule has 144 valence electrons. The molecule has 0 spiro atoms. The number of primary amides is 1. The number of aromatic nitrogens is 1. The number of hydrogen-bond acceptors (Lipinski definition) is 5. The number of pyridine rings is 1. The third-order valence-corrected chi connectivity index (χ3v) is 4.41. The SMILES string of the molecule is C=CC(=O)N1C[C@@H](Oc2ccccc2)C[C@H]1C(=O)Nc1cnccc1C(N)=O. The fourth-order valence-corrected chi connectivity index (χ4v) is 3.11. The summed E-state index contributed by atoms with van der Waals surface area (Å²) < 4.78 is 5.90. The smallest absolute Gasteiger partial charge is 0.250 e. The normalized spacial score (nSPS) is 18.4. The number of ether oxygens (including phenoxy) is 1. The molecule has 0 unspecified atom stereocenters. The van der Waals surface area contributed by atoms with Crippen molar-refractivity contribution in [3.05, 3.63) is 67.0 Å². The van der Waals surface area contributed by atoms with Gasteiger partial charge in [-0.1, -0.05) is 24.8 Å². The standard InChI is InChI=1S/C20H20N4O4/c1-2-18(25)24-12-14(28-13-6-4-3-5-7-13)10-17(24)20(27)23-16-11-22-9-8-15(16)19(21)26/h2-9,11,14,17H,1,10,12H2,(H2,21,26)(H,23,27)/t14-,17-/m0/s1. The molecule has 3 N–H and O–H groups in total. The van der Waals surface area contributed by atoms with Crippen LogP contribution in [0.5, 0.6) is 5.75 Å². The van der Waals surface area contributed by atoms with E-state index in [0.717, 1.165) is 6.08 Å². The Hall–Kier alpha value is -3.68. The molecule has 0 radical (unpaired) electrons. The minimum absolute atomic E-state index is 0.139. The van der Waals surface area contributed by atoms with Gasteiger partial charge in [-0.2, -0.15) is 0 Å². The van der Waals surface area contributed by atoms with E-state index in [2.05, 4.69) is 16.9 Å². The molecule has 2 aromatic rings. The van der Waals surface area contributed by atoms with E-state index < -0.39 is 17.9 Å². The number of nitrogens with zero attached hydrogens (tertiary/aromatic N) is 2. The molecule has 8 nitrogen and oxygen atoms in total. The molecule has 2 heterocycles. The summed E-state index contributed by atoms with van der Waals surface area (Å²) in [5, 5.41) is 2.64. The molecule has 1 aromatic carbocycles. The van der Waals surface area contributed by atoms with Gasteiger partial charge in [0.05, 0.1) is 24.0 Å². The van der Waals surface area contributed by atoms with Crippen LogP contribution in [-0.4, -0.2) is 46.3 Å². The second-order valence-corrected chi connectivity index (χ2v) is 6.27. The molecule has 28 heavy (non-hydrogen) atoms. The lowest BCUT2D eigenvalue weighted by molar-refractivity contribution is -0.132. The molecule has 3 amide bonds.